The van der Waals surface area contributed by atoms with Crippen LogP contribution in [0.3, 0.4) is 0 Å². The minimum Gasteiger partial charge on any atom is -0.481 e. The molecule has 0 spiro atoms. The van der Waals surface area contributed by atoms with Crippen LogP contribution in [0.1, 0.15) is 46.5 Å². The first kappa shape index (κ1) is 17.1. The number of carboxylic acids is 1. The van der Waals surface area contributed by atoms with E-state index in [4.69, 9.17) is 5.11 Å². The van der Waals surface area contributed by atoms with Crippen molar-refractivity contribution in [3.63, 3.8) is 0 Å². The van der Waals surface area contributed by atoms with Crippen molar-refractivity contribution in [2.24, 2.45) is 0 Å². The van der Waals surface area contributed by atoms with E-state index in [2.05, 4.69) is 26.1 Å². The van der Waals surface area contributed by atoms with E-state index >= 15 is 0 Å². The highest BCUT2D eigenvalue weighted by atomic mass is 32.2. The van der Waals surface area contributed by atoms with Gasteiger partial charge >= 0.3 is 12.0 Å². The zero-order valence-electron chi connectivity index (χ0n) is 12.6. The van der Waals surface area contributed by atoms with Gasteiger partial charge in [0, 0.05) is 23.6 Å². The number of carboxylic acid groups (broad SMARTS) is 1. The normalized spacial score (nSPS) is 19.8. The number of nitrogens with zero attached hydrogens (tertiary/aromatic N) is 1. The standard InChI is InChI=1S/C14H26N2O3S/c1-4-14(5-2,6-3)15-13(19)16-7-8-20-10-11(16)9-12(17)18/h11H,4-10H2,1-3H3,(H,15,19)(H,17,18). The lowest BCUT2D eigenvalue weighted by Crippen LogP contribution is -2.57. The van der Waals surface area contributed by atoms with E-state index in [0.29, 0.717) is 12.3 Å². The van der Waals surface area contributed by atoms with Gasteiger partial charge in [-0.25, -0.2) is 4.79 Å². The highest BCUT2D eigenvalue weighted by Crippen LogP contribution is 2.23. The van der Waals surface area contributed by atoms with E-state index in [9.17, 15) is 9.59 Å². The Morgan fingerprint density at radius 1 is 1.30 bits per heavy atom. The summed E-state index contributed by atoms with van der Waals surface area (Å²) in [7, 11) is 0. The molecule has 0 saturated carbocycles. The van der Waals surface area contributed by atoms with Gasteiger partial charge in [0.1, 0.15) is 0 Å². The monoisotopic (exact) mass is 302 g/mol. The Labute approximate surface area is 125 Å². The number of rotatable bonds is 6. The van der Waals surface area contributed by atoms with Crippen LogP contribution in [0.4, 0.5) is 4.79 Å². The summed E-state index contributed by atoms with van der Waals surface area (Å²) in [6, 6.07) is -0.309. The Hall–Kier alpha value is -0.910. The number of hydrogen-bond acceptors (Lipinski definition) is 3. The van der Waals surface area contributed by atoms with Crippen LogP contribution in [0.2, 0.25) is 0 Å². The van der Waals surface area contributed by atoms with Crippen LogP contribution in [-0.2, 0) is 4.79 Å². The van der Waals surface area contributed by atoms with Crippen molar-refractivity contribution in [2.75, 3.05) is 18.1 Å². The molecule has 20 heavy (non-hydrogen) atoms. The van der Waals surface area contributed by atoms with Crippen molar-refractivity contribution in [3.05, 3.63) is 0 Å². The summed E-state index contributed by atoms with van der Waals surface area (Å²) in [4.78, 5) is 25.1. The van der Waals surface area contributed by atoms with Crippen LogP contribution in [0, 0.1) is 0 Å². The van der Waals surface area contributed by atoms with Gasteiger partial charge in [0.15, 0.2) is 0 Å². The second kappa shape index (κ2) is 7.76. The lowest BCUT2D eigenvalue weighted by Gasteiger charge is -2.39. The maximum absolute atomic E-state index is 12.5. The second-order valence-corrected chi connectivity index (χ2v) is 6.44. The van der Waals surface area contributed by atoms with Crippen LogP contribution in [0.25, 0.3) is 0 Å². The van der Waals surface area contributed by atoms with E-state index in [-0.39, 0.29) is 24.0 Å². The van der Waals surface area contributed by atoms with Crippen LogP contribution in [-0.4, -0.2) is 51.6 Å². The average Bonchev–Trinajstić information content (AvgIpc) is 2.44. The molecule has 1 atom stereocenters. The van der Waals surface area contributed by atoms with E-state index in [0.717, 1.165) is 25.0 Å². The smallest absolute Gasteiger partial charge is 0.318 e. The van der Waals surface area contributed by atoms with Crippen molar-refractivity contribution in [2.45, 2.75) is 58.0 Å². The van der Waals surface area contributed by atoms with E-state index in [1.54, 1.807) is 16.7 Å². The molecule has 1 rings (SSSR count). The van der Waals surface area contributed by atoms with Crippen LogP contribution in [0.5, 0.6) is 0 Å². The fourth-order valence-corrected chi connectivity index (χ4v) is 3.67. The quantitative estimate of drug-likeness (QED) is 0.791. The largest absolute Gasteiger partial charge is 0.481 e. The summed E-state index contributed by atoms with van der Waals surface area (Å²) >= 11 is 1.72. The molecule has 1 fully saturated rings. The maximum atomic E-state index is 12.5. The van der Waals surface area contributed by atoms with Gasteiger partial charge in [0.2, 0.25) is 0 Å². The molecule has 0 aromatic carbocycles. The van der Waals surface area contributed by atoms with Gasteiger partial charge in [0.25, 0.3) is 0 Å². The maximum Gasteiger partial charge on any atom is 0.318 e. The van der Waals surface area contributed by atoms with Crippen molar-refractivity contribution in [1.29, 1.82) is 0 Å². The Morgan fingerprint density at radius 2 is 1.90 bits per heavy atom. The van der Waals surface area contributed by atoms with E-state index in [1.165, 1.54) is 0 Å². The third-order valence-corrected chi connectivity index (χ3v) is 5.39. The first-order valence-corrected chi connectivity index (χ1v) is 8.51. The topological polar surface area (TPSA) is 69.6 Å². The van der Waals surface area contributed by atoms with E-state index in [1.807, 2.05) is 0 Å². The second-order valence-electron chi connectivity index (χ2n) is 5.29. The number of hydrogen-bond donors (Lipinski definition) is 2. The van der Waals surface area contributed by atoms with Crippen molar-refractivity contribution < 1.29 is 14.7 Å². The average molecular weight is 302 g/mol. The van der Waals surface area contributed by atoms with Crippen LogP contribution >= 0.6 is 11.8 Å². The first-order valence-electron chi connectivity index (χ1n) is 7.36. The van der Waals surface area contributed by atoms with Crippen LogP contribution in [0.15, 0.2) is 0 Å². The minimum absolute atomic E-state index is 0.0256. The number of carbonyl (C=O) groups is 2. The summed E-state index contributed by atoms with van der Waals surface area (Å²) in [6.45, 7) is 6.86. The van der Waals surface area contributed by atoms with Gasteiger partial charge < -0.3 is 15.3 Å². The first-order chi connectivity index (χ1) is 9.48. The molecule has 1 heterocycles. The Kier molecular flexibility index (Phi) is 6.65. The number of urea groups is 1. The van der Waals surface area contributed by atoms with Gasteiger partial charge in [-0.2, -0.15) is 11.8 Å². The SMILES string of the molecule is CCC(CC)(CC)NC(=O)N1CCSCC1CC(=O)O. The minimum atomic E-state index is -0.844. The van der Waals surface area contributed by atoms with Gasteiger partial charge in [0.05, 0.1) is 12.5 Å². The summed E-state index contributed by atoms with van der Waals surface area (Å²) in [5.41, 5.74) is -0.171. The van der Waals surface area contributed by atoms with E-state index < -0.39 is 5.97 Å². The Morgan fingerprint density at radius 3 is 2.40 bits per heavy atom. The Bertz CT molecular complexity index is 337. The molecule has 6 heteroatoms. The molecule has 0 bridgehead atoms. The highest BCUT2D eigenvalue weighted by Gasteiger charge is 2.33. The zero-order chi connectivity index (χ0) is 15.2. The molecule has 0 radical (unpaired) electrons. The molecule has 1 unspecified atom stereocenters. The van der Waals surface area contributed by atoms with Crippen molar-refractivity contribution in [1.82, 2.24) is 10.2 Å². The molecule has 0 aromatic heterocycles. The number of thioether (sulfide) groups is 1. The third-order valence-electron chi connectivity index (χ3n) is 4.30. The van der Waals surface area contributed by atoms with Gasteiger partial charge in [-0.15, -0.1) is 0 Å². The van der Waals surface area contributed by atoms with Gasteiger partial charge in [-0.1, -0.05) is 20.8 Å². The van der Waals surface area contributed by atoms with Crippen molar-refractivity contribution in [3.8, 4) is 0 Å². The third kappa shape index (κ3) is 4.30. The summed E-state index contributed by atoms with van der Waals surface area (Å²) in [5.74, 6) is 0.737. The predicted octanol–water partition coefficient (Wildman–Crippen LogP) is 2.56. The molecule has 2 amide bonds. The lowest BCUT2D eigenvalue weighted by atomic mass is 9.90. The summed E-state index contributed by atoms with van der Waals surface area (Å²) < 4.78 is 0. The molecule has 0 aliphatic carbocycles. The fraction of sp³-hybridized carbons (Fsp3) is 0.857. The molecule has 2 N–H and O–H groups in total. The lowest BCUT2D eigenvalue weighted by molar-refractivity contribution is -0.138. The number of carbonyl (C=O) groups excluding carboxylic acids is 1. The molecular weight excluding hydrogens is 276 g/mol. The molecule has 1 aliphatic rings. The summed E-state index contributed by atoms with van der Waals surface area (Å²) in [5, 5.41) is 12.1. The molecule has 1 saturated heterocycles. The van der Waals surface area contributed by atoms with Crippen LogP contribution < -0.4 is 5.32 Å². The predicted molar refractivity (Wildman–Crippen MR) is 82.2 cm³/mol. The fourth-order valence-electron chi connectivity index (χ4n) is 2.61. The molecule has 116 valence electrons. The van der Waals surface area contributed by atoms with Gasteiger partial charge in [-0.3, -0.25) is 4.79 Å². The number of aliphatic carboxylic acids is 1. The highest BCUT2D eigenvalue weighted by molar-refractivity contribution is 7.99. The molecule has 0 aromatic rings. The molecular formula is C14H26N2O3S. The molecule has 1 aliphatic heterocycles. The summed E-state index contributed by atoms with van der Waals surface area (Å²) in [6.07, 6.45) is 2.69. The Balaban J connectivity index is 2.74. The number of amides is 2. The van der Waals surface area contributed by atoms with Crippen molar-refractivity contribution >= 4 is 23.8 Å². The number of nitrogens with one attached hydrogen (secondary N) is 1. The molecule has 5 nitrogen and oxygen atoms in total. The van der Waals surface area contributed by atoms with Gasteiger partial charge in [-0.05, 0) is 19.3 Å². The zero-order valence-corrected chi connectivity index (χ0v) is 13.5.